The highest BCUT2D eigenvalue weighted by atomic mass is 32.2. The molecule has 3 rings (SSSR count). The van der Waals surface area contributed by atoms with Crippen LogP contribution in [-0.4, -0.2) is 55.3 Å². The molecule has 2 aliphatic heterocycles. The van der Waals surface area contributed by atoms with Crippen LogP contribution in [0.15, 0.2) is 29.2 Å². The van der Waals surface area contributed by atoms with E-state index in [4.69, 9.17) is 4.74 Å². The van der Waals surface area contributed by atoms with E-state index in [-0.39, 0.29) is 17.3 Å². The number of hydrogen-bond donors (Lipinski definition) is 2. The summed E-state index contributed by atoms with van der Waals surface area (Å²) in [6, 6.07) is 5.98. The van der Waals surface area contributed by atoms with Gasteiger partial charge in [0.15, 0.2) is 5.78 Å². The summed E-state index contributed by atoms with van der Waals surface area (Å²) in [5.74, 6) is -0.100. The van der Waals surface area contributed by atoms with Crippen molar-refractivity contribution in [2.45, 2.75) is 36.6 Å². The lowest BCUT2D eigenvalue weighted by molar-refractivity contribution is -0.0446. The number of aliphatic hydroxyl groups excluding tert-OH is 1. The van der Waals surface area contributed by atoms with Crippen LogP contribution in [0.1, 0.15) is 30.1 Å². The lowest BCUT2D eigenvalue weighted by Gasteiger charge is -2.37. The van der Waals surface area contributed by atoms with Crippen LogP contribution < -0.4 is 5.32 Å². The molecule has 1 unspecified atom stereocenters. The van der Waals surface area contributed by atoms with E-state index in [9.17, 15) is 18.3 Å². The van der Waals surface area contributed by atoms with Crippen LogP contribution in [0.25, 0.3) is 0 Å². The lowest BCUT2D eigenvalue weighted by atomic mass is 10.0. The van der Waals surface area contributed by atoms with Crippen LogP contribution in [-0.2, 0) is 14.8 Å². The SMILES string of the molecule is CC(=O)c1ccc(S(=O)(=O)N2CCC3(CC2)NC(O)CO3)cc1. The number of sulfonamides is 1. The summed E-state index contributed by atoms with van der Waals surface area (Å²) in [4.78, 5) is 11.5. The van der Waals surface area contributed by atoms with Gasteiger partial charge in [0, 0.05) is 31.5 Å². The van der Waals surface area contributed by atoms with Gasteiger partial charge in [-0.1, -0.05) is 12.1 Å². The van der Waals surface area contributed by atoms with Gasteiger partial charge in [0.2, 0.25) is 10.0 Å². The molecule has 0 saturated carbocycles. The van der Waals surface area contributed by atoms with Crippen molar-refractivity contribution in [3.63, 3.8) is 0 Å². The number of carbonyl (C=O) groups is 1. The Balaban J connectivity index is 1.72. The number of ether oxygens (including phenoxy) is 1. The number of aliphatic hydroxyl groups is 1. The first-order valence-electron chi connectivity index (χ1n) is 7.53. The van der Waals surface area contributed by atoms with Crippen LogP contribution in [0.2, 0.25) is 0 Å². The van der Waals surface area contributed by atoms with Crippen LogP contribution in [0.4, 0.5) is 0 Å². The van der Waals surface area contributed by atoms with E-state index in [0.29, 0.717) is 31.5 Å². The fourth-order valence-electron chi connectivity index (χ4n) is 3.01. The second-order valence-corrected chi connectivity index (χ2v) is 7.89. The van der Waals surface area contributed by atoms with Gasteiger partial charge in [-0.2, -0.15) is 4.31 Å². The van der Waals surface area contributed by atoms with Gasteiger partial charge in [-0.05, 0) is 19.1 Å². The van der Waals surface area contributed by atoms with Gasteiger partial charge in [0.05, 0.1) is 11.5 Å². The van der Waals surface area contributed by atoms with Crippen molar-refractivity contribution in [1.29, 1.82) is 0 Å². The minimum atomic E-state index is -3.59. The molecular weight excluding hydrogens is 320 g/mol. The van der Waals surface area contributed by atoms with Crippen molar-refractivity contribution in [1.82, 2.24) is 9.62 Å². The summed E-state index contributed by atoms with van der Waals surface area (Å²) >= 11 is 0. The first kappa shape index (κ1) is 16.5. The first-order chi connectivity index (χ1) is 10.8. The molecule has 0 radical (unpaired) electrons. The number of piperidine rings is 1. The molecule has 0 aromatic heterocycles. The van der Waals surface area contributed by atoms with E-state index in [2.05, 4.69) is 5.32 Å². The van der Waals surface area contributed by atoms with Gasteiger partial charge in [-0.25, -0.2) is 8.42 Å². The number of hydrogen-bond acceptors (Lipinski definition) is 6. The highest BCUT2D eigenvalue weighted by molar-refractivity contribution is 7.89. The number of rotatable bonds is 3. The number of benzene rings is 1. The molecule has 0 amide bonds. The summed E-state index contributed by atoms with van der Waals surface area (Å²) in [7, 11) is -3.59. The maximum atomic E-state index is 12.7. The smallest absolute Gasteiger partial charge is 0.243 e. The largest absolute Gasteiger partial charge is 0.376 e. The fraction of sp³-hybridized carbons (Fsp3) is 0.533. The van der Waals surface area contributed by atoms with Crippen molar-refractivity contribution < 1.29 is 23.1 Å². The molecule has 1 atom stereocenters. The maximum Gasteiger partial charge on any atom is 0.243 e. The molecular formula is C15H20N2O5S. The molecule has 1 aromatic carbocycles. The number of ketones is 1. The summed E-state index contributed by atoms with van der Waals surface area (Å²) in [5, 5.41) is 12.5. The topological polar surface area (TPSA) is 95.9 Å². The average molecular weight is 340 g/mol. The maximum absolute atomic E-state index is 12.7. The molecule has 126 valence electrons. The van der Waals surface area contributed by atoms with E-state index >= 15 is 0 Å². The summed E-state index contributed by atoms with van der Waals surface area (Å²) in [5.41, 5.74) is -0.136. The number of carbonyl (C=O) groups excluding carboxylic acids is 1. The third-order valence-electron chi connectivity index (χ3n) is 4.38. The Bertz CT molecular complexity index is 693. The quantitative estimate of drug-likeness (QED) is 0.769. The third kappa shape index (κ3) is 3.17. The Hall–Kier alpha value is -1.32. The van der Waals surface area contributed by atoms with Gasteiger partial charge < -0.3 is 9.84 Å². The van der Waals surface area contributed by atoms with Crippen molar-refractivity contribution in [2.75, 3.05) is 19.7 Å². The minimum absolute atomic E-state index is 0.100. The molecule has 2 heterocycles. The third-order valence-corrected chi connectivity index (χ3v) is 6.29. The Kier molecular flexibility index (Phi) is 4.28. The van der Waals surface area contributed by atoms with E-state index in [1.807, 2.05) is 0 Å². The van der Waals surface area contributed by atoms with E-state index in [0.717, 1.165) is 0 Å². The van der Waals surface area contributed by atoms with Crippen molar-refractivity contribution >= 4 is 15.8 Å². The number of nitrogens with zero attached hydrogens (tertiary/aromatic N) is 1. The van der Waals surface area contributed by atoms with Crippen LogP contribution in [0, 0.1) is 0 Å². The standard InChI is InChI=1S/C15H20N2O5S/c1-11(18)12-2-4-13(5-3-12)23(20,21)17-8-6-15(7-9-17)16-14(19)10-22-15/h2-5,14,16,19H,6-10H2,1H3. The van der Waals surface area contributed by atoms with Crippen molar-refractivity contribution in [3.8, 4) is 0 Å². The molecule has 8 heteroatoms. The molecule has 2 saturated heterocycles. The highest BCUT2D eigenvalue weighted by Gasteiger charge is 2.43. The normalized spacial score (nSPS) is 24.9. The molecule has 7 nitrogen and oxygen atoms in total. The molecule has 0 bridgehead atoms. The van der Waals surface area contributed by atoms with Gasteiger partial charge in [-0.15, -0.1) is 0 Å². The lowest BCUT2D eigenvalue weighted by Crippen LogP contribution is -2.53. The Morgan fingerprint density at radius 1 is 1.30 bits per heavy atom. The molecule has 2 fully saturated rings. The molecule has 2 N–H and O–H groups in total. The molecule has 1 spiro atoms. The number of Topliss-reactive ketones (excluding diaryl/α,β-unsaturated/α-hetero) is 1. The molecule has 2 aliphatic rings. The molecule has 23 heavy (non-hydrogen) atoms. The van der Waals surface area contributed by atoms with Crippen LogP contribution in [0.3, 0.4) is 0 Å². The summed E-state index contributed by atoms with van der Waals surface area (Å²) in [6.07, 6.45) is 0.265. The van der Waals surface area contributed by atoms with Gasteiger partial charge in [-0.3, -0.25) is 10.1 Å². The highest BCUT2D eigenvalue weighted by Crippen LogP contribution is 2.30. The first-order valence-corrected chi connectivity index (χ1v) is 8.97. The molecule has 0 aliphatic carbocycles. The monoisotopic (exact) mass is 340 g/mol. The van der Waals surface area contributed by atoms with Crippen molar-refractivity contribution in [2.24, 2.45) is 0 Å². The van der Waals surface area contributed by atoms with Crippen molar-refractivity contribution in [3.05, 3.63) is 29.8 Å². The predicted molar refractivity (Wildman–Crippen MR) is 82.3 cm³/mol. The van der Waals surface area contributed by atoms with E-state index in [1.165, 1.54) is 35.5 Å². The van der Waals surface area contributed by atoms with Crippen LogP contribution >= 0.6 is 0 Å². The summed E-state index contributed by atoms with van der Waals surface area (Å²) < 4.78 is 32.3. The van der Waals surface area contributed by atoms with E-state index in [1.54, 1.807) is 0 Å². The second-order valence-electron chi connectivity index (χ2n) is 5.95. The van der Waals surface area contributed by atoms with E-state index < -0.39 is 22.0 Å². The Morgan fingerprint density at radius 2 is 1.91 bits per heavy atom. The minimum Gasteiger partial charge on any atom is -0.376 e. The second kappa shape index (κ2) is 5.95. The van der Waals surface area contributed by atoms with Gasteiger partial charge >= 0.3 is 0 Å². The number of nitrogens with one attached hydrogen (secondary N) is 1. The van der Waals surface area contributed by atoms with Crippen LogP contribution in [0.5, 0.6) is 0 Å². The zero-order chi connectivity index (χ0) is 16.7. The van der Waals surface area contributed by atoms with Gasteiger partial charge in [0.25, 0.3) is 0 Å². The fourth-order valence-corrected chi connectivity index (χ4v) is 4.45. The molecule has 1 aromatic rings. The summed E-state index contributed by atoms with van der Waals surface area (Å²) in [6.45, 7) is 2.29. The Labute approximate surface area is 135 Å². The average Bonchev–Trinajstić information content (AvgIpc) is 2.88. The zero-order valence-corrected chi connectivity index (χ0v) is 13.7. The Morgan fingerprint density at radius 3 is 2.39 bits per heavy atom. The predicted octanol–water partition coefficient (Wildman–Crippen LogP) is 0.308. The zero-order valence-electron chi connectivity index (χ0n) is 12.9. The van der Waals surface area contributed by atoms with Gasteiger partial charge in [0.1, 0.15) is 12.0 Å².